The Morgan fingerprint density at radius 2 is 2.17 bits per heavy atom. The van der Waals surface area contributed by atoms with Gasteiger partial charge in [0, 0.05) is 12.8 Å². The molecule has 1 aromatic carbocycles. The quantitative estimate of drug-likeness (QED) is 0.872. The molecule has 1 aromatic rings. The minimum absolute atomic E-state index is 0.0400. The van der Waals surface area contributed by atoms with Gasteiger partial charge in [0.05, 0.1) is 0 Å². The molecule has 0 atom stereocenters. The third kappa shape index (κ3) is 2.78. The first-order chi connectivity index (χ1) is 8.54. The predicted octanol–water partition coefficient (Wildman–Crippen LogP) is 2.76. The lowest BCUT2D eigenvalue weighted by atomic mass is 9.65. The van der Waals surface area contributed by atoms with Crippen molar-refractivity contribution in [3.05, 3.63) is 35.1 Å². The van der Waals surface area contributed by atoms with Crippen molar-refractivity contribution in [3.63, 3.8) is 0 Å². The van der Waals surface area contributed by atoms with Crippen molar-refractivity contribution in [3.8, 4) is 0 Å². The van der Waals surface area contributed by atoms with Crippen LogP contribution in [0.5, 0.6) is 0 Å². The van der Waals surface area contributed by atoms with Crippen LogP contribution in [0, 0.1) is 18.2 Å². The van der Waals surface area contributed by atoms with E-state index in [-0.39, 0.29) is 17.0 Å². The topological polar surface area (TPSA) is 43.1 Å². The fraction of sp³-hybridized carbons (Fsp3) is 0.533. The Morgan fingerprint density at radius 1 is 1.44 bits per heavy atom. The first-order valence-corrected chi connectivity index (χ1v) is 6.51. The van der Waals surface area contributed by atoms with Gasteiger partial charge in [-0.2, -0.15) is 0 Å². The summed E-state index contributed by atoms with van der Waals surface area (Å²) in [5, 5.41) is 0. The fourth-order valence-corrected chi connectivity index (χ4v) is 2.65. The molecule has 0 unspecified atom stereocenters. The molecule has 0 aliphatic heterocycles. The van der Waals surface area contributed by atoms with Gasteiger partial charge >= 0.3 is 0 Å². The summed E-state index contributed by atoms with van der Waals surface area (Å²) in [5.41, 5.74) is 7.56. The van der Waals surface area contributed by atoms with E-state index in [1.54, 1.807) is 6.07 Å². The highest BCUT2D eigenvalue weighted by Crippen LogP contribution is 2.43. The zero-order valence-electron chi connectivity index (χ0n) is 10.8. The molecule has 0 spiro atoms. The molecule has 0 saturated heterocycles. The third-order valence-corrected chi connectivity index (χ3v) is 4.12. The van der Waals surface area contributed by atoms with Crippen LogP contribution in [0.4, 0.5) is 4.39 Å². The van der Waals surface area contributed by atoms with E-state index in [4.69, 9.17) is 5.73 Å². The van der Waals surface area contributed by atoms with Crippen LogP contribution in [0.3, 0.4) is 0 Å². The summed E-state index contributed by atoms with van der Waals surface area (Å²) in [6.07, 6.45) is 4.14. The Kier molecular flexibility index (Phi) is 3.81. The second-order valence-electron chi connectivity index (χ2n) is 5.52. The summed E-state index contributed by atoms with van der Waals surface area (Å²) in [5.74, 6) is -0.102. The monoisotopic (exact) mass is 249 g/mol. The molecule has 0 radical (unpaired) electrons. The van der Waals surface area contributed by atoms with Crippen LogP contribution >= 0.6 is 0 Å². The van der Waals surface area contributed by atoms with Crippen LogP contribution in [0.15, 0.2) is 18.2 Å². The van der Waals surface area contributed by atoms with Crippen molar-refractivity contribution < 1.29 is 9.18 Å². The summed E-state index contributed by atoms with van der Waals surface area (Å²) >= 11 is 0. The standard InChI is InChI=1S/C15H20FNO/c1-11-3-4-13(16)7-12(11)8-14(18)9-15(10-17)5-2-6-15/h3-4,7H,2,5-6,8-10,17H2,1H3. The molecule has 2 N–H and O–H groups in total. The number of halogens is 1. The van der Waals surface area contributed by atoms with Gasteiger partial charge in [-0.25, -0.2) is 4.39 Å². The van der Waals surface area contributed by atoms with E-state index in [9.17, 15) is 9.18 Å². The molecule has 1 aliphatic rings. The summed E-state index contributed by atoms with van der Waals surface area (Å²) in [4.78, 5) is 12.1. The van der Waals surface area contributed by atoms with Gasteiger partial charge in [-0.3, -0.25) is 4.79 Å². The number of hydrogen-bond donors (Lipinski definition) is 1. The van der Waals surface area contributed by atoms with E-state index < -0.39 is 0 Å². The zero-order valence-corrected chi connectivity index (χ0v) is 10.8. The van der Waals surface area contributed by atoms with Crippen LogP contribution in [-0.2, 0) is 11.2 Å². The summed E-state index contributed by atoms with van der Waals surface area (Å²) < 4.78 is 13.1. The average molecular weight is 249 g/mol. The highest BCUT2D eigenvalue weighted by Gasteiger charge is 2.37. The van der Waals surface area contributed by atoms with Crippen molar-refractivity contribution in [1.29, 1.82) is 0 Å². The molecule has 0 aromatic heterocycles. The van der Waals surface area contributed by atoms with Crippen LogP contribution in [0.25, 0.3) is 0 Å². The number of benzene rings is 1. The average Bonchev–Trinajstić information content (AvgIpc) is 2.28. The van der Waals surface area contributed by atoms with Gasteiger partial charge in [0.2, 0.25) is 0 Å². The second-order valence-corrected chi connectivity index (χ2v) is 5.52. The van der Waals surface area contributed by atoms with Crippen molar-refractivity contribution in [1.82, 2.24) is 0 Å². The molecule has 1 fully saturated rings. The van der Waals surface area contributed by atoms with E-state index in [0.29, 0.717) is 19.4 Å². The Balaban J connectivity index is 2.00. The Morgan fingerprint density at radius 3 is 2.72 bits per heavy atom. The minimum atomic E-state index is -0.277. The number of carbonyl (C=O) groups is 1. The first-order valence-electron chi connectivity index (χ1n) is 6.51. The molecule has 1 aliphatic carbocycles. The Bertz CT molecular complexity index is 446. The van der Waals surface area contributed by atoms with Crippen molar-refractivity contribution in [2.45, 2.75) is 39.0 Å². The maximum atomic E-state index is 13.1. The van der Waals surface area contributed by atoms with Gasteiger partial charge in [0.25, 0.3) is 0 Å². The smallest absolute Gasteiger partial charge is 0.137 e. The van der Waals surface area contributed by atoms with Crippen molar-refractivity contribution in [2.24, 2.45) is 11.1 Å². The molecular weight excluding hydrogens is 229 g/mol. The van der Waals surface area contributed by atoms with E-state index >= 15 is 0 Å². The minimum Gasteiger partial charge on any atom is -0.330 e. The lowest BCUT2D eigenvalue weighted by Gasteiger charge is -2.40. The number of Topliss-reactive ketones (excluding diaryl/α,β-unsaturated/α-hetero) is 1. The molecule has 2 rings (SSSR count). The summed E-state index contributed by atoms with van der Waals surface area (Å²) in [7, 11) is 0. The van der Waals surface area contributed by atoms with Crippen molar-refractivity contribution in [2.75, 3.05) is 6.54 Å². The molecule has 1 saturated carbocycles. The normalized spacial score (nSPS) is 17.3. The molecule has 0 heterocycles. The van der Waals surface area contributed by atoms with Crippen LogP contribution < -0.4 is 5.73 Å². The molecule has 0 amide bonds. The highest BCUT2D eigenvalue weighted by atomic mass is 19.1. The van der Waals surface area contributed by atoms with Gasteiger partial charge in [0.15, 0.2) is 0 Å². The van der Waals surface area contributed by atoms with E-state index in [0.717, 1.165) is 24.0 Å². The Hall–Kier alpha value is -1.22. The molecule has 2 nitrogen and oxygen atoms in total. The van der Waals surface area contributed by atoms with E-state index in [1.807, 2.05) is 6.92 Å². The third-order valence-electron chi connectivity index (χ3n) is 4.12. The van der Waals surface area contributed by atoms with Crippen molar-refractivity contribution >= 4 is 5.78 Å². The SMILES string of the molecule is Cc1ccc(F)cc1CC(=O)CC1(CN)CCC1. The fourth-order valence-electron chi connectivity index (χ4n) is 2.65. The summed E-state index contributed by atoms with van der Waals surface area (Å²) in [6.45, 7) is 2.49. The molecular formula is C15H20FNO. The maximum absolute atomic E-state index is 13.1. The van der Waals surface area contributed by atoms with E-state index in [1.165, 1.54) is 18.6 Å². The Labute approximate surface area is 107 Å². The summed E-state index contributed by atoms with van der Waals surface area (Å²) in [6, 6.07) is 4.61. The van der Waals surface area contributed by atoms with Gasteiger partial charge in [-0.05, 0) is 55.0 Å². The first kappa shape index (κ1) is 13.2. The molecule has 0 bridgehead atoms. The maximum Gasteiger partial charge on any atom is 0.137 e. The van der Waals surface area contributed by atoms with Crippen LogP contribution in [0.1, 0.15) is 36.8 Å². The molecule has 3 heteroatoms. The van der Waals surface area contributed by atoms with Gasteiger partial charge in [0.1, 0.15) is 11.6 Å². The lowest BCUT2D eigenvalue weighted by Crippen LogP contribution is -2.39. The number of carbonyl (C=O) groups excluding carboxylic acids is 1. The number of hydrogen-bond acceptors (Lipinski definition) is 2. The lowest BCUT2D eigenvalue weighted by molar-refractivity contribution is -0.122. The van der Waals surface area contributed by atoms with E-state index in [2.05, 4.69) is 0 Å². The molecule has 98 valence electrons. The zero-order chi connectivity index (χ0) is 13.2. The van der Waals surface area contributed by atoms with Gasteiger partial charge in [-0.1, -0.05) is 12.5 Å². The van der Waals surface area contributed by atoms with Gasteiger partial charge in [-0.15, -0.1) is 0 Å². The van der Waals surface area contributed by atoms with Crippen LogP contribution in [0.2, 0.25) is 0 Å². The molecule has 18 heavy (non-hydrogen) atoms. The number of nitrogens with two attached hydrogens (primary N) is 1. The van der Waals surface area contributed by atoms with Gasteiger partial charge < -0.3 is 5.73 Å². The predicted molar refractivity (Wildman–Crippen MR) is 69.8 cm³/mol. The second kappa shape index (κ2) is 5.19. The highest BCUT2D eigenvalue weighted by molar-refractivity contribution is 5.82. The number of rotatable bonds is 5. The number of aryl methyl sites for hydroxylation is 1. The van der Waals surface area contributed by atoms with Crippen LogP contribution in [-0.4, -0.2) is 12.3 Å². The largest absolute Gasteiger partial charge is 0.330 e. The number of ketones is 1.